The Morgan fingerprint density at radius 3 is 1.13 bits per heavy atom. The molecule has 0 aliphatic heterocycles. The SMILES string of the molecule is CC[C](C)(C)[Ta]([N](C)C)([N](C)C)[N](C)C. The molecule has 4 heteroatoms. The summed E-state index contributed by atoms with van der Waals surface area (Å²) in [5.41, 5.74) is 0. The van der Waals surface area contributed by atoms with E-state index in [1.165, 1.54) is 6.42 Å². The van der Waals surface area contributed by atoms with Gasteiger partial charge in [-0.05, 0) is 0 Å². The normalized spacial score (nSPS) is 14.4. The number of hydrogen-bond acceptors (Lipinski definition) is 3. The van der Waals surface area contributed by atoms with E-state index in [-0.39, 0.29) is 0 Å². The second kappa shape index (κ2) is 5.30. The van der Waals surface area contributed by atoms with Crippen LogP contribution >= 0.6 is 0 Å². The summed E-state index contributed by atoms with van der Waals surface area (Å²) in [6, 6.07) is 0. The summed E-state index contributed by atoms with van der Waals surface area (Å²) in [5.74, 6) is 0. The van der Waals surface area contributed by atoms with Crippen LogP contribution in [0.1, 0.15) is 27.2 Å². The molecule has 0 rings (SSSR count). The fourth-order valence-corrected chi connectivity index (χ4v) is 23.8. The summed E-state index contributed by atoms with van der Waals surface area (Å²) in [6.45, 7) is 7.15. The Morgan fingerprint density at radius 1 is 0.800 bits per heavy atom. The molecule has 15 heavy (non-hydrogen) atoms. The molecule has 93 valence electrons. The number of nitrogens with zero attached hydrogens (tertiary/aromatic N) is 3. The molecule has 0 atom stereocenters. The minimum atomic E-state index is -2.69. The van der Waals surface area contributed by atoms with Gasteiger partial charge in [-0.25, -0.2) is 0 Å². The van der Waals surface area contributed by atoms with Gasteiger partial charge in [0.15, 0.2) is 0 Å². The van der Waals surface area contributed by atoms with Gasteiger partial charge in [0.2, 0.25) is 0 Å². The molecule has 0 aromatic carbocycles. The zero-order valence-corrected chi connectivity index (χ0v) is 15.2. The first-order valence-electron chi connectivity index (χ1n) is 5.57. The molecule has 0 fully saturated rings. The molecule has 0 heterocycles. The average Bonchev–Trinajstić information content (AvgIpc) is 2.02. The Morgan fingerprint density at radius 2 is 1.07 bits per heavy atom. The standard InChI is InChI=1S/C5H11.3C2H6N.Ta/c1-4-5(2)3;3*1-3-2;/h4H2,1-3H3;3*1-2H3;/q;3*-1;+3. The van der Waals surface area contributed by atoms with Crippen molar-refractivity contribution in [3.8, 4) is 0 Å². The molecule has 0 unspecified atom stereocenters. The van der Waals surface area contributed by atoms with Crippen LogP contribution in [-0.2, 0) is 17.9 Å². The molecule has 0 aromatic rings. The van der Waals surface area contributed by atoms with Gasteiger partial charge in [0.1, 0.15) is 0 Å². The molecular formula is C11H29N3Ta. The van der Waals surface area contributed by atoms with Crippen LogP contribution in [-0.4, -0.2) is 52.2 Å². The summed E-state index contributed by atoms with van der Waals surface area (Å²) in [5, 5.41) is 0. The van der Waals surface area contributed by atoms with Gasteiger partial charge in [0.05, 0.1) is 0 Å². The Bertz CT molecular complexity index is 178. The first-order valence-corrected chi connectivity index (χ1v) is 11.5. The number of hydrogen-bond donors (Lipinski definition) is 0. The third kappa shape index (κ3) is 2.48. The van der Waals surface area contributed by atoms with E-state index in [2.05, 4.69) is 73.0 Å². The van der Waals surface area contributed by atoms with Crippen molar-refractivity contribution < 1.29 is 17.9 Å². The molecule has 0 amide bonds. The van der Waals surface area contributed by atoms with Gasteiger partial charge in [-0.1, -0.05) is 0 Å². The Kier molecular flexibility index (Phi) is 5.52. The van der Waals surface area contributed by atoms with E-state index in [1.807, 2.05) is 0 Å². The van der Waals surface area contributed by atoms with Gasteiger partial charge in [0.25, 0.3) is 0 Å². The van der Waals surface area contributed by atoms with E-state index < -0.39 is 17.9 Å². The summed E-state index contributed by atoms with van der Waals surface area (Å²) >= 11 is -2.69. The molecule has 0 spiro atoms. The fourth-order valence-electron chi connectivity index (χ4n) is 2.91. The first-order chi connectivity index (χ1) is 6.64. The monoisotopic (exact) mass is 384 g/mol. The van der Waals surface area contributed by atoms with E-state index in [0.717, 1.165) is 0 Å². The molecule has 3 nitrogen and oxygen atoms in total. The van der Waals surface area contributed by atoms with Crippen molar-refractivity contribution in [3.63, 3.8) is 0 Å². The van der Waals surface area contributed by atoms with Crippen LogP contribution in [0.15, 0.2) is 0 Å². The summed E-state index contributed by atoms with van der Waals surface area (Å²) in [6.07, 6.45) is 1.24. The third-order valence-corrected chi connectivity index (χ3v) is 22.3. The minimum absolute atomic E-state index is 0.413. The van der Waals surface area contributed by atoms with Crippen molar-refractivity contribution in [1.29, 1.82) is 0 Å². The summed E-state index contributed by atoms with van der Waals surface area (Å²) in [4.78, 5) is 0. The van der Waals surface area contributed by atoms with Crippen LogP contribution in [0.25, 0.3) is 0 Å². The van der Waals surface area contributed by atoms with Crippen molar-refractivity contribution in [1.82, 2.24) is 9.91 Å². The second-order valence-corrected chi connectivity index (χ2v) is 22.3. The molecule has 0 saturated heterocycles. The van der Waals surface area contributed by atoms with Gasteiger partial charge in [-0.15, -0.1) is 0 Å². The zero-order chi connectivity index (χ0) is 12.4. The Hall–Kier alpha value is 0.620. The molecule has 0 aromatic heterocycles. The molecule has 0 aliphatic carbocycles. The van der Waals surface area contributed by atoms with E-state index in [9.17, 15) is 0 Å². The van der Waals surface area contributed by atoms with E-state index in [0.29, 0.717) is 3.63 Å². The topological polar surface area (TPSA) is 9.72 Å². The molecule has 0 N–H and O–H groups in total. The van der Waals surface area contributed by atoms with Crippen molar-refractivity contribution in [2.45, 2.75) is 30.8 Å². The van der Waals surface area contributed by atoms with Crippen LogP contribution in [0.2, 0.25) is 3.63 Å². The van der Waals surface area contributed by atoms with Crippen LogP contribution in [0.4, 0.5) is 0 Å². The van der Waals surface area contributed by atoms with Gasteiger partial charge < -0.3 is 0 Å². The van der Waals surface area contributed by atoms with Gasteiger partial charge in [0, 0.05) is 0 Å². The predicted molar refractivity (Wildman–Crippen MR) is 65.4 cm³/mol. The van der Waals surface area contributed by atoms with E-state index in [1.54, 1.807) is 0 Å². The third-order valence-electron chi connectivity index (χ3n) is 3.35. The average molecular weight is 384 g/mol. The van der Waals surface area contributed by atoms with Crippen molar-refractivity contribution in [3.05, 3.63) is 0 Å². The van der Waals surface area contributed by atoms with Crippen LogP contribution in [0.3, 0.4) is 0 Å². The second-order valence-electron chi connectivity index (χ2n) is 5.28. The molecular weight excluding hydrogens is 355 g/mol. The zero-order valence-electron chi connectivity index (χ0n) is 12.0. The summed E-state index contributed by atoms with van der Waals surface area (Å²) < 4.78 is 7.97. The van der Waals surface area contributed by atoms with E-state index >= 15 is 0 Å². The first kappa shape index (κ1) is 15.6. The summed E-state index contributed by atoms with van der Waals surface area (Å²) in [7, 11) is 13.5. The molecule has 0 radical (unpaired) electrons. The maximum atomic E-state index is 2.52. The maximum absolute atomic E-state index is 2.69. The van der Waals surface area contributed by atoms with Crippen LogP contribution in [0.5, 0.6) is 0 Å². The van der Waals surface area contributed by atoms with Gasteiger partial charge >= 0.3 is 101 Å². The predicted octanol–water partition coefficient (Wildman–Crippen LogP) is 2.18. The molecule has 0 aliphatic rings. The molecule has 0 saturated carbocycles. The molecule has 0 bridgehead atoms. The van der Waals surface area contributed by atoms with Crippen molar-refractivity contribution in [2.75, 3.05) is 42.3 Å². The quantitative estimate of drug-likeness (QED) is 0.720. The van der Waals surface area contributed by atoms with E-state index in [4.69, 9.17) is 0 Å². The van der Waals surface area contributed by atoms with Crippen LogP contribution in [0, 0.1) is 0 Å². The number of rotatable bonds is 5. The Balaban J connectivity index is 5.53. The van der Waals surface area contributed by atoms with Crippen LogP contribution < -0.4 is 0 Å². The Labute approximate surface area is 101 Å². The van der Waals surface area contributed by atoms with Gasteiger partial charge in [-0.3, -0.25) is 0 Å². The van der Waals surface area contributed by atoms with Crippen molar-refractivity contribution in [2.24, 2.45) is 0 Å². The van der Waals surface area contributed by atoms with Gasteiger partial charge in [-0.2, -0.15) is 0 Å². The van der Waals surface area contributed by atoms with Crippen molar-refractivity contribution >= 4 is 0 Å². The fraction of sp³-hybridized carbons (Fsp3) is 1.00.